The molecular weight excluding hydrogens is 302 g/mol. The fourth-order valence-electron chi connectivity index (χ4n) is 3.16. The van der Waals surface area contributed by atoms with Crippen LogP contribution in [-0.4, -0.2) is 43.1 Å². The first-order valence-electron chi connectivity index (χ1n) is 9.08. The van der Waals surface area contributed by atoms with Gasteiger partial charge in [0.25, 0.3) is 0 Å². The standard InChI is InChI=1S/C18H31N5O/c1-14-21-16(13-17(22-14)23(2)3)19-11-12-20-18(24)10-9-15-7-5-4-6-8-15/h13,15H,4-12H2,1-3H3,(H,20,24)(H,19,21,22). The molecular formula is C18H31N5O. The van der Waals surface area contributed by atoms with E-state index in [9.17, 15) is 4.79 Å². The quantitative estimate of drug-likeness (QED) is 0.716. The van der Waals surface area contributed by atoms with E-state index in [2.05, 4.69) is 20.6 Å². The number of hydrogen-bond acceptors (Lipinski definition) is 5. The van der Waals surface area contributed by atoms with Gasteiger partial charge in [-0.05, 0) is 19.3 Å². The molecule has 0 saturated heterocycles. The second-order valence-electron chi connectivity index (χ2n) is 6.87. The molecule has 0 spiro atoms. The topological polar surface area (TPSA) is 70.2 Å². The second kappa shape index (κ2) is 9.45. The molecule has 134 valence electrons. The van der Waals surface area contributed by atoms with E-state index in [0.29, 0.717) is 19.5 Å². The molecule has 24 heavy (non-hydrogen) atoms. The second-order valence-corrected chi connectivity index (χ2v) is 6.87. The van der Waals surface area contributed by atoms with E-state index in [-0.39, 0.29) is 5.91 Å². The Morgan fingerprint density at radius 1 is 1.21 bits per heavy atom. The van der Waals surface area contributed by atoms with Crippen molar-refractivity contribution in [2.24, 2.45) is 5.92 Å². The van der Waals surface area contributed by atoms with Crippen molar-refractivity contribution in [2.75, 3.05) is 37.4 Å². The number of carbonyl (C=O) groups excluding carboxylic acids is 1. The van der Waals surface area contributed by atoms with Crippen LogP contribution in [0.3, 0.4) is 0 Å². The van der Waals surface area contributed by atoms with Gasteiger partial charge in [-0.3, -0.25) is 4.79 Å². The van der Waals surface area contributed by atoms with Gasteiger partial charge in [0.05, 0.1) is 0 Å². The van der Waals surface area contributed by atoms with E-state index >= 15 is 0 Å². The molecule has 1 amide bonds. The molecule has 1 aliphatic carbocycles. The maximum Gasteiger partial charge on any atom is 0.220 e. The Morgan fingerprint density at radius 2 is 1.96 bits per heavy atom. The van der Waals surface area contributed by atoms with Gasteiger partial charge in [-0.2, -0.15) is 0 Å². The average molecular weight is 333 g/mol. The van der Waals surface area contributed by atoms with Gasteiger partial charge in [-0.15, -0.1) is 0 Å². The van der Waals surface area contributed by atoms with Crippen molar-refractivity contribution in [1.29, 1.82) is 0 Å². The van der Waals surface area contributed by atoms with Gasteiger partial charge in [0.2, 0.25) is 5.91 Å². The molecule has 0 radical (unpaired) electrons. The third-order valence-corrected chi connectivity index (χ3v) is 4.54. The van der Waals surface area contributed by atoms with Crippen LogP contribution in [0.1, 0.15) is 50.8 Å². The van der Waals surface area contributed by atoms with Crippen LogP contribution in [0.5, 0.6) is 0 Å². The highest BCUT2D eigenvalue weighted by atomic mass is 16.1. The van der Waals surface area contributed by atoms with Gasteiger partial charge in [0.1, 0.15) is 17.5 Å². The number of nitrogens with zero attached hydrogens (tertiary/aromatic N) is 3. The van der Waals surface area contributed by atoms with E-state index in [0.717, 1.165) is 29.8 Å². The summed E-state index contributed by atoms with van der Waals surface area (Å²) < 4.78 is 0. The summed E-state index contributed by atoms with van der Waals surface area (Å²) >= 11 is 0. The van der Waals surface area contributed by atoms with Crippen LogP contribution in [0, 0.1) is 12.8 Å². The van der Waals surface area contributed by atoms with Gasteiger partial charge < -0.3 is 15.5 Å². The summed E-state index contributed by atoms with van der Waals surface area (Å²) in [5.41, 5.74) is 0. The lowest BCUT2D eigenvalue weighted by Gasteiger charge is -2.21. The van der Waals surface area contributed by atoms with Crippen molar-refractivity contribution >= 4 is 17.5 Å². The van der Waals surface area contributed by atoms with Gasteiger partial charge in [-0.25, -0.2) is 9.97 Å². The molecule has 2 rings (SSSR count). The predicted molar refractivity (Wildman–Crippen MR) is 98.4 cm³/mol. The van der Waals surface area contributed by atoms with Crippen molar-refractivity contribution in [3.8, 4) is 0 Å². The first-order valence-corrected chi connectivity index (χ1v) is 9.08. The zero-order chi connectivity index (χ0) is 17.4. The molecule has 1 saturated carbocycles. The van der Waals surface area contributed by atoms with Crippen molar-refractivity contribution in [1.82, 2.24) is 15.3 Å². The zero-order valence-electron chi connectivity index (χ0n) is 15.3. The number of aromatic nitrogens is 2. The number of aryl methyl sites for hydroxylation is 1. The number of carbonyl (C=O) groups is 1. The Morgan fingerprint density at radius 3 is 2.67 bits per heavy atom. The molecule has 0 aromatic carbocycles. The summed E-state index contributed by atoms with van der Waals surface area (Å²) in [6.45, 7) is 3.16. The van der Waals surface area contributed by atoms with Gasteiger partial charge in [0, 0.05) is 39.7 Å². The Labute approximate surface area is 145 Å². The Balaban J connectivity index is 1.64. The third-order valence-electron chi connectivity index (χ3n) is 4.54. The van der Waals surface area contributed by atoms with Gasteiger partial charge in [0.15, 0.2) is 0 Å². The first kappa shape index (κ1) is 18.5. The lowest BCUT2D eigenvalue weighted by molar-refractivity contribution is -0.121. The Hall–Kier alpha value is -1.85. The molecule has 0 bridgehead atoms. The van der Waals surface area contributed by atoms with Crippen LogP contribution in [-0.2, 0) is 4.79 Å². The highest BCUT2D eigenvalue weighted by molar-refractivity contribution is 5.75. The van der Waals surface area contributed by atoms with Crippen molar-refractivity contribution in [2.45, 2.75) is 51.9 Å². The minimum Gasteiger partial charge on any atom is -0.368 e. The maximum absolute atomic E-state index is 11.9. The third kappa shape index (κ3) is 6.34. The predicted octanol–water partition coefficient (Wildman–Crippen LogP) is 2.74. The van der Waals surface area contributed by atoms with Crippen molar-refractivity contribution < 1.29 is 4.79 Å². The maximum atomic E-state index is 11.9. The normalized spacial score (nSPS) is 15.1. The fraction of sp³-hybridized carbons (Fsp3) is 0.722. The lowest BCUT2D eigenvalue weighted by atomic mass is 9.86. The average Bonchev–Trinajstić information content (AvgIpc) is 2.57. The van der Waals surface area contributed by atoms with Crippen LogP contribution in [0.2, 0.25) is 0 Å². The molecule has 6 heteroatoms. The largest absolute Gasteiger partial charge is 0.368 e. The Bertz CT molecular complexity index is 526. The molecule has 0 aliphatic heterocycles. The van der Waals surface area contributed by atoms with Crippen molar-refractivity contribution in [3.05, 3.63) is 11.9 Å². The molecule has 0 unspecified atom stereocenters. The molecule has 0 atom stereocenters. The van der Waals surface area contributed by atoms with Crippen LogP contribution in [0.15, 0.2) is 6.07 Å². The van der Waals surface area contributed by atoms with E-state index in [1.54, 1.807) is 0 Å². The van der Waals surface area contributed by atoms with Crippen molar-refractivity contribution in [3.63, 3.8) is 0 Å². The Kier molecular flexibility index (Phi) is 7.28. The summed E-state index contributed by atoms with van der Waals surface area (Å²) in [4.78, 5) is 22.6. The van der Waals surface area contributed by atoms with Gasteiger partial charge >= 0.3 is 0 Å². The monoisotopic (exact) mass is 333 g/mol. The summed E-state index contributed by atoms with van der Waals surface area (Å²) in [5.74, 6) is 3.33. The van der Waals surface area contributed by atoms with Gasteiger partial charge in [-0.1, -0.05) is 32.1 Å². The van der Waals surface area contributed by atoms with E-state index < -0.39 is 0 Å². The number of hydrogen-bond donors (Lipinski definition) is 2. The molecule has 6 nitrogen and oxygen atoms in total. The number of anilines is 2. The molecule has 1 heterocycles. The SMILES string of the molecule is Cc1nc(NCCNC(=O)CCC2CCCCC2)cc(N(C)C)n1. The summed E-state index contributed by atoms with van der Waals surface area (Å²) in [6.07, 6.45) is 8.34. The van der Waals surface area contributed by atoms with Crippen LogP contribution in [0.4, 0.5) is 11.6 Å². The van der Waals surface area contributed by atoms with Crippen LogP contribution >= 0.6 is 0 Å². The molecule has 1 aliphatic rings. The summed E-state index contributed by atoms with van der Waals surface area (Å²) in [7, 11) is 3.91. The summed E-state index contributed by atoms with van der Waals surface area (Å²) in [5, 5.41) is 6.24. The number of nitrogens with one attached hydrogen (secondary N) is 2. The molecule has 2 N–H and O–H groups in total. The van der Waals surface area contributed by atoms with E-state index in [1.807, 2.05) is 32.0 Å². The number of rotatable bonds is 8. The first-order chi connectivity index (χ1) is 11.5. The highest BCUT2D eigenvalue weighted by Crippen LogP contribution is 2.27. The zero-order valence-corrected chi connectivity index (χ0v) is 15.3. The highest BCUT2D eigenvalue weighted by Gasteiger charge is 2.14. The van der Waals surface area contributed by atoms with Crippen LogP contribution in [0.25, 0.3) is 0 Å². The summed E-state index contributed by atoms with van der Waals surface area (Å²) in [6, 6.07) is 1.91. The smallest absolute Gasteiger partial charge is 0.220 e. The lowest BCUT2D eigenvalue weighted by Crippen LogP contribution is -2.29. The molecule has 1 fully saturated rings. The minimum atomic E-state index is 0.162. The molecule has 1 aromatic rings. The molecule has 1 aromatic heterocycles. The van der Waals surface area contributed by atoms with E-state index in [4.69, 9.17) is 0 Å². The minimum absolute atomic E-state index is 0.162. The fourth-order valence-corrected chi connectivity index (χ4v) is 3.16. The number of amides is 1. The van der Waals surface area contributed by atoms with E-state index in [1.165, 1.54) is 32.1 Å². The van der Waals surface area contributed by atoms with Crippen LogP contribution < -0.4 is 15.5 Å².